The molecule has 0 spiro atoms. The Hall–Kier alpha value is -2.15. The second-order valence-electron chi connectivity index (χ2n) is 6.91. The Morgan fingerprint density at radius 3 is 2.44 bits per heavy atom. The van der Waals surface area contributed by atoms with Crippen molar-refractivity contribution in [3.8, 4) is 11.3 Å². The maximum Gasteiger partial charge on any atom is 0.147 e. The molecule has 0 amide bonds. The van der Waals surface area contributed by atoms with Crippen LogP contribution >= 0.6 is 11.6 Å². The molecule has 0 bridgehead atoms. The van der Waals surface area contributed by atoms with Gasteiger partial charge in [-0.3, -0.25) is 0 Å². The first-order valence-corrected chi connectivity index (χ1v) is 9.40. The van der Waals surface area contributed by atoms with E-state index in [1.807, 2.05) is 31.3 Å². The zero-order chi connectivity index (χ0) is 20.2. The lowest BCUT2D eigenvalue weighted by Gasteiger charge is -2.18. The number of nitrogens with zero attached hydrogens (tertiary/aromatic N) is 2. The number of nitrogen functional groups attached to an aromatic ring is 1. The third-order valence-corrected chi connectivity index (χ3v) is 5.14. The summed E-state index contributed by atoms with van der Waals surface area (Å²) in [7, 11) is 0. The predicted molar refractivity (Wildman–Crippen MR) is 113 cm³/mol. The van der Waals surface area contributed by atoms with E-state index in [9.17, 15) is 5.11 Å². The number of rotatable bonds is 4. The van der Waals surface area contributed by atoms with Gasteiger partial charge in [0.05, 0.1) is 23.0 Å². The molecule has 0 atom stereocenters. The third kappa shape index (κ3) is 4.97. The molecule has 2 heterocycles. The summed E-state index contributed by atoms with van der Waals surface area (Å²) in [5, 5.41) is 10.9. The Labute approximate surface area is 165 Å². The number of benzene rings is 1. The molecule has 0 saturated heterocycles. The Bertz CT molecular complexity index is 914. The molecule has 6 N–H and O–H groups in total. The van der Waals surface area contributed by atoms with Crippen molar-refractivity contribution in [1.29, 1.82) is 0 Å². The molecule has 3 rings (SSSR count). The van der Waals surface area contributed by atoms with Gasteiger partial charge in [-0.1, -0.05) is 25.4 Å². The van der Waals surface area contributed by atoms with Gasteiger partial charge in [-0.2, -0.15) is 0 Å². The van der Waals surface area contributed by atoms with Crippen LogP contribution in [0, 0.1) is 6.92 Å². The van der Waals surface area contributed by atoms with Crippen molar-refractivity contribution in [3.05, 3.63) is 40.8 Å². The number of aliphatic hydroxyl groups excluding tert-OH is 1. The van der Waals surface area contributed by atoms with E-state index in [1.54, 1.807) is 0 Å². The van der Waals surface area contributed by atoms with Gasteiger partial charge in [0.1, 0.15) is 11.5 Å². The molecule has 0 radical (unpaired) electrons. The monoisotopic (exact) mass is 389 g/mol. The zero-order valence-corrected chi connectivity index (χ0v) is 17.1. The molecule has 0 aliphatic heterocycles. The summed E-state index contributed by atoms with van der Waals surface area (Å²) < 4.78 is 0. The van der Waals surface area contributed by atoms with Crippen LogP contribution in [-0.2, 0) is 6.61 Å². The molecule has 0 unspecified atom stereocenters. The van der Waals surface area contributed by atoms with Gasteiger partial charge in [-0.15, -0.1) is 0 Å². The van der Waals surface area contributed by atoms with Crippen LogP contribution in [0.15, 0.2) is 24.4 Å². The first kappa shape index (κ1) is 21.2. The molecule has 1 aromatic carbocycles. The lowest BCUT2D eigenvalue weighted by atomic mass is 9.98. The van der Waals surface area contributed by atoms with E-state index in [0.717, 1.165) is 29.3 Å². The number of hydrogen-bond donors (Lipinski definition) is 4. The number of nitrogens with two attached hydrogens (primary N) is 2. The fraction of sp³-hybridized carbons (Fsp3) is 0.400. The number of aromatic amines is 1. The zero-order valence-electron chi connectivity index (χ0n) is 16.3. The molecular weight excluding hydrogens is 362 g/mol. The van der Waals surface area contributed by atoms with E-state index in [-0.39, 0.29) is 18.0 Å². The minimum Gasteiger partial charge on any atom is -0.390 e. The van der Waals surface area contributed by atoms with E-state index >= 15 is 0 Å². The average molecular weight is 390 g/mol. The number of anilines is 1. The molecule has 146 valence electrons. The van der Waals surface area contributed by atoms with Crippen LogP contribution in [0.4, 0.5) is 5.82 Å². The Kier molecular flexibility index (Phi) is 6.81. The summed E-state index contributed by atoms with van der Waals surface area (Å²) in [6.07, 6.45) is 3.98. The van der Waals surface area contributed by atoms with Crippen LogP contribution in [0.3, 0.4) is 0 Å². The van der Waals surface area contributed by atoms with E-state index in [4.69, 9.17) is 23.1 Å². The van der Waals surface area contributed by atoms with Gasteiger partial charge in [-0.25, -0.2) is 9.97 Å². The Morgan fingerprint density at radius 2 is 1.89 bits per heavy atom. The van der Waals surface area contributed by atoms with Crippen LogP contribution in [0.1, 0.15) is 45.0 Å². The lowest BCUT2D eigenvalue weighted by Crippen LogP contribution is -2.33. The molecule has 0 saturated carbocycles. The first-order chi connectivity index (χ1) is 12.7. The maximum atomic E-state index is 9.26. The van der Waals surface area contributed by atoms with Crippen molar-refractivity contribution < 1.29 is 5.11 Å². The maximum absolute atomic E-state index is 9.26. The molecule has 27 heavy (non-hydrogen) atoms. The van der Waals surface area contributed by atoms with Crippen LogP contribution in [0.2, 0.25) is 5.02 Å². The van der Waals surface area contributed by atoms with Crippen molar-refractivity contribution >= 4 is 28.3 Å². The first-order valence-electron chi connectivity index (χ1n) is 9.02. The van der Waals surface area contributed by atoms with Gasteiger partial charge in [0, 0.05) is 28.2 Å². The van der Waals surface area contributed by atoms with Gasteiger partial charge in [0.2, 0.25) is 0 Å². The number of hydrogen-bond acceptors (Lipinski definition) is 5. The normalized spacial score (nSPS) is 11.4. The largest absolute Gasteiger partial charge is 0.390 e. The number of aromatic nitrogens is 3. The minimum atomic E-state index is -0.245. The molecule has 3 aromatic rings. The second-order valence-corrected chi connectivity index (χ2v) is 7.31. The van der Waals surface area contributed by atoms with E-state index in [1.165, 1.54) is 0 Å². The highest BCUT2D eigenvalue weighted by Crippen LogP contribution is 2.31. The summed E-state index contributed by atoms with van der Waals surface area (Å²) >= 11 is 6.27. The van der Waals surface area contributed by atoms with Crippen molar-refractivity contribution in [2.75, 3.05) is 5.73 Å². The quantitative estimate of drug-likeness (QED) is 0.534. The summed E-state index contributed by atoms with van der Waals surface area (Å²) in [6.45, 7) is 7.89. The van der Waals surface area contributed by atoms with Gasteiger partial charge >= 0.3 is 0 Å². The smallest absolute Gasteiger partial charge is 0.147 e. The van der Waals surface area contributed by atoms with Crippen LogP contribution < -0.4 is 11.5 Å². The summed E-state index contributed by atoms with van der Waals surface area (Å²) in [5.41, 5.74) is 15.0. The number of H-pyrrole nitrogens is 1. The predicted octanol–water partition coefficient (Wildman–Crippen LogP) is 4.19. The highest BCUT2D eigenvalue weighted by molar-refractivity contribution is 6.35. The number of nitrogens with one attached hydrogen (secondary N) is 1. The van der Waals surface area contributed by atoms with Crippen LogP contribution in [0.5, 0.6) is 0 Å². The molecular formula is C20H28ClN5O. The van der Waals surface area contributed by atoms with Gasteiger partial charge in [-0.05, 0) is 44.9 Å². The SMILES string of the molecule is CCC(C)(N)CC.Cc1nc(N)c(CO)nc1-c1cc(Cl)c2cc[nH]c2c1. The lowest BCUT2D eigenvalue weighted by molar-refractivity contribution is 0.277. The second kappa shape index (κ2) is 8.69. The van der Waals surface area contributed by atoms with Gasteiger partial charge < -0.3 is 21.6 Å². The van der Waals surface area contributed by atoms with Crippen LogP contribution in [-0.4, -0.2) is 25.6 Å². The standard InChI is InChI=1S/C14H13ClN4O.C6H15N/c1-7-13(19-12(6-20)14(16)18-7)8-4-10(15)9-2-3-17-11(9)5-8;1-4-6(3,7)5-2/h2-5,17,20H,6H2,1H3,(H2,16,18);4-5,7H2,1-3H3. The third-order valence-electron chi connectivity index (χ3n) is 4.83. The molecule has 0 fully saturated rings. The molecule has 7 heteroatoms. The average Bonchev–Trinajstić information content (AvgIpc) is 3.11. The summed E-state index contributed by atoms with van der Waals surface area (Å²) in [4.78, 5) is 11.7. The molecule has 0 aliphatic carbocycles. The summed E-state index contributed by atoms with van der Waals surface area (Å²) in [6, 6.07) is 5.71. The van der Waals surface area contributed by atoms with E-state index in [0.29, 0.717) is 22.1 Å². The minimum absolute atomic E-state index is 0.0833. The number of aryl methyl sites for hydroxylation is 1. The number of fused-ring (bicyclic) bond motifs is 1. The van der Waals surface area contributed by atoms with Gasteiger partial charge in [0.25, 0.3) is 0 Å². The highest BCUT2D eigenvalue weighted by Gasteiger charge is 2.13. The number of halogens is 1. The van der Waals surface area contributed by atoms with Gasteiger partial charge in [0.15, 0.2) is 0 Å². The van der Waals surface area contributed by atoms with E-state index in [2.05, 4.69) is 35.7 Å². The van der Waals surface area contributed by atoms with Crippen LogP contribution in [0.25, 0.3) is 22.2 Å². The topological polar surface area (TPSA) is 114 Å². The van der Waals surface area contributed by atoms with Crippen molar-refractivity contribution in [2.24, 2.45) is 5.73 Å². The van der Waals surface area contributed by atoms with E-state index < -0.39 is 0 Å². The van der Waals surface area contributed by atoms with Crippen molar-refractivity contribution in [2.45, 2.75) is 52.7 Å². The number of aliphatic hydroxyl groups is 1. The molecule has 0 aliphatic rings. The Morgan fingerprint density at radius 1 is 1.22 bits per heavy atom. The highest BCUT2D eigenvalue weighted by atomic mass is 35.5. The fourth-order valence-electron chi connectivity index (χ4n) is 2.47. The van der Waals surface area contributed by atoms with Crippen molar-refractivity contribution in [3.63, 3.8) is 0 Å². The fourth-order valence-corrected chi connectivity index (χ4v) is 2.75. The summed E-state index contributed by atoms with van der Waals surface area (Å²) in [5.74, 6) is 0.251. The molecule has 6 nitrogen and oxygen atoms in total. The Balaban J connectivity index is 0.000000321. The van der Waals surface area contributed by atoms with Crippen molar-refractivity contribution in [1.82, 2.24) is 15.0 Å². The molecule has 2 aromatic heterocycles.